The fraction of sp³-hybridized carbons (Fsp3) is 0.333. The lowest BCUT2D eigenvalue weighted by Crippen LogP contribution is -2.42. The van der Waals surface area contributed by atoms with E-state index in [9.17, 15) is 14.7 Å². The molecule has 1 heterocycles. The molecule has 0 bridgehead atoms. The minimum absolute atomic E-state index is 0.156. The zero-order chi connectivity index (χ0) is 30.6. The first-order chi connectivity index (χ1) is 20.8. The van der Waals surface area contributed by atoms with Crippen molar-refractivity contribution >= 4 is 11.9 Å². The number of carboxylic acid groups (broad SMARTS) is 1. The summed E-state index contributed by atoms with van der Waals surface area (Å²) < 4.78 is 5.87. The van der Waals surface area contributed by atoms with Crippen LogP contribution in [0.15, 0.2) is 85.2 Å². The van der Waals surface area contributed by atoms with Gasteiger partial charge in [0, 0.05) is 35.5 Å². The molecule has 4 aromatic rings. The summed E-state index contributed by atoms with van der Waals surface area (Å²) in [6.45, 7) is 7.05. The minimum atomic E-state index is -1.08. The largest absolute Gasteiger partial charge is 0.494 e. The van der Waals surface area contributed by atoms with Crippen LogP contribution in [0.5, 0.6) is 5.75 Å². The molecule has 7 nitrogen and oxygen atoms in total. The van der Waals surface area contributed by atoms with E-state index in [1.807, 2.05) is 74.5 Å². The van der Waals surface area contributed by atoms with Crippen molar-refractivity contribution in [1.82, 2.24) is 15.3 Å². The SMILES string of the molecule is CCCCCCCOc1ccc(-c2cnc(-c3ccc(CC(NC(=O)c4cccc(C(C)C)c4)C(=O)O)cc3)nc2)cc1. The topological polar surface area (TPSA) is 101 Å². The molecule has 7 heteroatoms. The van der Waals surface area contributed by atoms with Crippen molar-refractivity contribution in [3.8, 4) is 28.3 Å². The zero-order valence-electron chi connectivity index (χ0n) is 25.3. The third-order valence-electron chi connectivity index (χ3n) is 7.43. The highest BCUT2D eigenvalue weighted by atomic mass is 16.5. The highest BCUT2D eigenvalue weighted by Gasteiger charge is 2.21. The molecular weight excluding hydrogens is 538 g/mol. The van der Waals surface area contributed by atoms with Crippen molar-refractivity contribution in [3.63, 3.8) is 0 Å². The van der Waals surface area contributed by atoms with Crippen LogP contribution in [0.25, 0.3) is 22.5 Å². The molecule has 1 atom stereocenters. The molecule has 0 saturated heterocycles. The predicted octanol–water partition coefficient (Wildman–Crippen LogP) is 7.71. The standard InChI is InChI=1S/C36H41N3O4/c1-4-5-6-7-8-20-43-32-18-16-27(17-19-32)31-23-37-34(38-24-31)28-14-12-26(13-15-28)21-33(36(41)42)39-35(40)30-11-9-10-29(22-30)25(2)3/h9-19,22-25,33H,4-8,20-21H2,1-3H3,(H,39,40)(H,41,42). The number of aromatic nitrogens is 2. The van der Waals surface area contributed by atoms with Crippen LogP contribution in [0.2, 0.25) is 0 Å². The summed E-state index contributed by atoms with van der Waals surface area (Å²) in [5, 5.41) is 12.4. The molecule has 0 saturated carbocycles. The lowest BCUT2D eigenvalue weighted by Gasteiger charge is -2.16. The zero-order valence-corrected chi connectivity index (χ0v) is 25.3. The lowest BCUT2D eigenvalue weighted by atomic mass is 10.00. The summed E-state index contributed by atoms with van der Waals surface area (Å²) in [6, 6.07) is 21.6. The highest BCUT2D eigenvalue weighted by Crippen LogP contribution is 2.24. The quantitative estimate of drug-likeness (QED) is 0.140. The number of hydrogen-bond donors (Lipinski definition) is 2. The first kappa shape index (κ1) is 31.4. The maximum Gasteiger partial charge on any atom is 0.326 e. The molecule has 2 N–H and O–H groups in total. The fourth-order valence-corrected chi connectivity index (χ4v) is 4.77. The molecule has 0 aliphatic carbocycles. The molecule has 4 rings (SSSR count). The molecular formula is C36H41N3O4. The summed E-state index contributed by atoms with van der Waals surface area (Å²) in [5.41, 5.74) is 4.99. The monoisotopic (exact) mass is 579 g/mol. The summed E-state index contributed by atoms with van der Waals surface area (Å²) in [5.74, 6) is 0.217. The van der Waals surface area contributed by atoms with Crippen LogP contribution in [-0.4, -0.2) is 39.6 Å². The summed E-state index contributed by atoms with van der Waals surface area (Å²) >= 11 is 0. The van der Waals surface area contributed by atoms with Gasteiger partial charge in [0.25, 0.3) is 5.91 Å². The van der Waals surface area contributed by atoms with Gasteiger partial charge in [-0.3, -0.25) is 4.79 Å². The molecule has 0 aliphatic heterocycles. The smallest absolute Gasteiger partial charge is 0.326 e. The second-order valence-electron chi connectivity index (χ2n) is 11.1. The number of amides is 1. The first-order valence-corrected chi connectivity index (χ1v) is 15.1. The Morgan fingerprint density at radius 2 is 1.51 bits per heavy atom. The van der Waals surface area contributed by atoms with Gasteiger partial charge < -0.3 is 15.2 Å². The van der Waals surface area contributed by atoms with E-state index in [1.165, 1.54) is 25.7 Å². The molecule has 1 amide bonds. The van der Waals surface area contributed by atoms with Gasteiger partial charge >= 0.3 is 5.97 Å². The average molecular weight is 580 g/mol. The van der Waals surface area contributed by atoms with E-state index in [0.29, 0.717) is 11.4 Å². The van der Waals surface area contributed by atoms with E-state index in [-0.39, 0.29) is 12.3 Å². The summed E-state index contributed by atoms with van der Waals surface area (Å²) in [7, 11) is 0. The van der Waals surface area contributed by atoms with Gasteiger partial charge in [0.2, 0.25) is 0 Å². The third-order valence-corrected chi connectivity index (χ3v) is 7.43. The van der Waals surface area contributed by atoms with Crippen LogP contribution in [0.1, 0.15) is 80.3 Å². The van der Waals surface area contributed by atoms with Crippen LogP contribution in [-0.2, 0) is 11.2 Å². The van der Waals surface area contributed by atoms with Crippen molar-refractivity contribution in [2.24, 2.45) is 0 Å². The minimum Gasteiger partial charge on any atom is -0.494 e. The normalized spacial score (nSPS) is 11.7. The number of unbranched alkanes of at least 4 members (excludes halogenated alkanes) is 4. The Balaban J connectivity index is 1.33. The van der Waals surface area contributed by atoms with Crippen molar-refractivity contribution in [3.05, 3.63) is 102 Å². The average Bonchev–Trinajstić information content (AvgIpc) is 3.03. The highest BCUT2D eigenvalue weighted by molar-refractivity contribution is 5.96. The van der Waals surface area contributed by atoms with Crippen molar-refractivity contribution in [1.29, 1.82) is 0 Å². The van der Waals surface area contributed by atoms with Crippen LogP contribution in [0.3, 0.4) is 0 Å². The van der Waals surface area contributed by atoms with Gasteiger partial charge in [0.05, 0.1) is 6.61 Å². The van der Waals surface area contributed by atoms with Gasteiger partial charge in [0.15, 0.2) is 5.82 Å². The molecule has 0 fully saturated rings. The van der Waals surface area contributed by atoms with Gasteiger partial charge in [-0.1, -0.05) is 95.0 Å². The Morgan fingerprint density at radius 1 is 0.837 bits per heavy atom. The van der Waals surface area contributed by atoms with Crippen LogP contribution in [0, 0.1) is 0 Å². The molecule has 43 heavy (non-hydrogen) atoms. The van der Waals surface area contributed by atoms with Gasteiger partial charge in [0.1, 0.15) is 11.8 Å². The number of nitrogens with zero attached hydrogens (tertiary/aromatic N) is 2. The second kappa shape index (κ2) is 15.6. The summed E-state index contributed by atoms with van der Waals surface area (Å²) in [6.07, 6.45) is 9.81. The molecule has 1 unspecified atom stereocenters. The molecule has 0 spiro atoms. The number of rotatable bonds is 15. The number of aliphatic carboxylic acids is 1. The number of hydrogen-bond acceptors (Lipinski definition) is 5. The molecule has 0 radical (unpaired) electrons. The molecule has 1 aromatic heterocycles. The van der Waals surface area contributed by atoms with Crippen LogP contribution >= 0.6 is 0 Å². The Kier molecular flexibility index (Phi) is 11.4. The van der Waals surface area contributed by atoms with Crippen molar-refractivity contribution in [2.45, 2.75) is 71.3 Å². The maximum absolute atomic E-state index is 12.8. The molecule has 0 aliphatic rings. The van der Waals surface area contributed by atoms with E-state index < -0.39 is 17.9 Å². The number of carboxylic acids is 1. The predicted molar refractivity (Wildman–Crippen MR) is 170 cm³/mol. The lowest BCUT2D eigenvalue weighted by molar-refractivity contribution is -0.139. The first-order valence-electron chi connectivity index (χ1n) is 15.1. The van der Waals surface area contributed by atoms with Crippen LogP contribution < -0.4 is 10.1 Å². The van der Waals surface area contributed by atoms with E-state index in [4.69, 9.17) is 4.74 Å². The number of nitrogens with one attached hydrogen (secondary N) is 1. The number of carbonyl (C=O) groups is 2. The third kappa shape index (κ3) is 9.23. The van der Waals surface area contributed by atoms with Gasteiger partial charge in [-0.05, 0) is 53.3 Å². The Morgan fingerprint density at radius 3 is 2.16 bits per heavy atom. The van der Waals surface area contributed by atoms with Crippen molar-refractivity contribution in [2.75, 3.05) is 6.61 Å². The van der Waals surface area contributed by atoms with Gasteiger partial charge in [-0.15, -0.1) is 0 Å². The maximum atomic E-state index is 12.8. The Bertz CT molecular complexity index is 1470. The van der Waals surface area contributed by atoms with E-state index in [1.54, 1.807) is 24.5 Å². The second-order valence-corrected chi connectivity index (χ2v) is 11.1. The molecule has 3 aromatic carbocycles. The van der Waals surface area contributed by atoms with Gasteiger partial charge in [-0.2, -0.15) is 0 Å². The fourth-order valence-electron chi connectivity index (χ4n) is 4.77. The number of benzene rings is 3. The Hall–Kier alpha value is -4.52. The number of ether oxygens (including phenoxy) is 1. The van der Waals surface area contributed by atoms with Gasteiger partial charge in [-0.25, -0.2) is 14.8 Å². The van der Waals surface area contributed by atoms with E-state index in [2.05, 4.69) is 22.2 Å². The van der Waals surface area contributed by atoms with E-state index in [0.717, 1.165) is 46.6 Å². The number of carbonyl (C=O) groups excluding carboxylic acids is 1. The van der Waals surface area contributed by atoms with E-state index >= 15 is 0 Å². The summed E-state index contributed by atoms with van der Waals surface area (Å²) in [4.78, 5) is 33.8. The molecule has 224 valence electrons. The van der Waals surface area contributed by atoms with Crippen LogP contribution in [0.4, 0.5) is 0 Å². The Labute approximate surface area is 254 Å². The van der Waals surface area contributed by atoms with Crippen molar-refractivity contribution < 1.29 is 19.4 Å².